The minimum Gasteiger partial charge on any atom is -0.491 e. The molecular formula is C19H22FNO6S. The maximum atomic E-state index is 14.0. The average molecular weight is 411 g/mol. The van der Waals surface area contributed by atoms with E-state index in [1.54, 1.807) is 19.9 Å². The van der Waals surface area contributed by atoms with Gasteiger partial charge in [-0.3, -0.25) is 0 Å². The zero-order valence-electron chi connectivity index (χ0n) is 15.7. The van der Waals surface area contributed by atoms with Gasteiger partial charge in [-0.2, -0.15) is 4.31 Å². The number of sulfonamides is 1. The predicted octanol–water partition coefficient (Wildman–Crippen LogP) is 2.72. The van der Waals surface area contributed by atoms with Crippen LogP contribution in [0.2, 0.25) is 0 Å². The summed E-state index contributed by atoms with van der Waals surface area (Å²) in [6, 6.07) is 6.53. The smallest absolute Gasteiger partial charge is 0.339 e. The van der Waals surface area contributed by atoms with Gasteiger partial charge in [-0.1, -0.05) is 0 Å². The summed E-state index contributed by atoms with van der Waals surface area (Å²) >= 11 is 0. The van der Waals surface area contributed by atoms with Crippen LogP contribution in [0.1, 0.15) is 25.5 Å². The lowest BCUT2D eigenvalue weighted by Crippen LogP contribution is -2.41. The highest BCUT2D eigenvalue weighted by Gasteiger charge is 2.31. The van der Waals surface area contributed by atoms with Gasteiger partial charge in [0.15, 0.2) is 11.6 Å². The molecule has 9 heteroatoms. The maximum Gasteiger partial charge on any atom is 0.339 e. The summed E-state index contributed by atoms with van der Waals surface area (Å²) in [7, 11) is -3.81. The van der Waals surface area contributed by atoms with E-state index in [1.807, 2.05) is 0 Å². The Kier molecular flexibility index (Phi) is 6.04. The van der Waals surface area contributed by atoms with Gasteiger partial charge < -0.3 is 13.9 Å². The molecule has 1 saturated heterocycles. The van der Waals surface area contributed by atoms with Gasteiger partial charge >= 0.3 is 5.63 Å². The molecule has 0 spiro atoms. The van der Waals surface area contributed by atoms with Gasteiger partial charge in [-0.25, -0.2) is 17.6 Å². The third-order valence-corrected chi connectivity index (χ3v) is 6.31. The molecule has 2 heterocycles. The van der Waals surface area contributed by atoms with Gasteiger partial charge in [0.25, 0.3) is 0 Å². The molecule has 3 rings (SSSR count). The molecule has 28 heavy (non-hydrogen) atoms. The molecule has 1 aliphatic heterocycles. The van der Waals surface area contributed by atoms with Gasteiger partial charge in [0.1, 0.15) is 17.6 Å². The molecule has 0 atom stereocenters. The quantitative estimate of drug-likeness (QED) is 0.727. The fourth-order valence-corrected chi connectivity index (χ4v) is 4.57. The van der Waals surface area contributed by atoms with E-state index in [4.69, 9.17) is 13.9 Å². The van der Waals surface area contributed by atoms with E-state index in [0.29, 0.717) is 31.0 Å². The van der Waals surface area contributed by atoms with Crippen LogP contribution in [0, 0.1) is 12.7 Å². The molecule has 1 fully saturated rings. The van der Waals surface area contributed by atoms with Crippen LogP contribution in [0.5, 0.6) is 11.5 Å². The van der Waals surface area contributed by atoms with E-state index >= 15 is 0 Å². The van der Waals surface area contributed by atoms with Crippen molar-refractivity contribution in [1.82, 2.24) is 4.31 Å². The predicted molar refractivity (Wildman–Crippen MR) is 99.7 cm³/mol. The third kappa shape index (κ3) is 4.53. The Bertz CT molecular complexity index is 996. The molecule has 2 aromatic rings. The third-order valence-electron chi connectivity index (χ3n) is 4.41. The maximum absolute atomic E-state index is 14.0. The second kappa shape index (κ2) is 8.32. The van der Waals surface area contributed by atoms with Crippen molar-refractivity contribution in [3.8, 4) is 11.5 Å². The molecule has 1 aromatic heterocycles. The highest BCUT2D eigenvalue weighted by Crippen LogP contribution is 2.26. The summed E-state index contributed by atoms with van der Waals surface area (Å²) in [5.41, 5.74) is -0.493. The summed E-state index contributed by atoms with van der Waals surface area (Å²) in [6.45, 7) is 4.14. The lowest BCUT2D eigenvalue weighted by atomic mass is 10.1. The Labute approximate surface area is 162 Å². The molecular weight excluding hydrogens is 389 g/mol. The van der Waals surface area contributed by atoms with Crippen LogP contribution < -0.4 is 15.1 Å². The number of ether oxygens (including phenoxy) is 2. The average Bonchev–Trinajstić information content (AvgIpc) is 2.63. The van der Waals surface area contributed by atoms with Gasteiger partial charge in [-0.15, -0.1) is 0 Å². The van der Waals surface area contributed by atoms with Crippen LogP contribution in [0.3, 0.4) is 0 Å². The van der Waals surface area contributed by atoms with Crippen molar-refractivity contribution >= 4 is 10.0 Å². The molecule has 152 valence electrons. The largest absolute Gasteiger partial charge is 0.491 e. The van der Waals surface area contributed by atoms with E-state index in [2.05, 4.69) is 0 Å². The molecule has 0 amide bonds. The highest BCUT2D eigenvalue weighted by atomic mass is 32.2. The van der Waals surface area contributed by atoms with Crippen LogP contribution in [0.25, 0.3) is 0 Å². The molecule has 0 unspecified atom stereocenters. The Hall–Kier alpha value is -2.39. The minimum absolute atomic E-state index is 0.0242. The van der Waals surface area contributed by atoms with Crippen molar-refractivity contribution in [2.45, 2.75) is 37.7 Å². The van der Waals surface area contributed by atoms with Crippen molar-refractivity contribution < 1.29 is 26.7 Å². The van der Waals surface area contributed by atoms with E-state index in [1.165, 1.54) is 22.5 Å². The lowest BCUT2D eigenvalue weighted by Gasteiger charge is -2.31. The molecule has 1 aliphatic rings. The summed E-state index contributed by atoms with van der Waals surface area (Å²) in [5.74, 6) is 0.166. The number of hydrogen-bond acceptors (Lipinski definition) is 6. The Balaban J connectivity index is 1.66. The van der Waals surface area contributed by atoms with Crippen molar-refractivity contribution in [2.75, 3.05) is 19.7 Å². The molecule has 0 N–H and O–H groups in total. The lowest BCUT2D eigenvalue weighted by molar-refractivity contribution is 0.134. The second-order valence-electron chi connectivity index (χ2n) is 6.47. The number of benzene rings is 1. The highest BCUT2D eigenvalue weighted by molar-refractivity contribution is 7.89. The SMILES string of the molecule is CCOc1ccc(S(=O)(=O)N2CCC(Oc3cc(C)oc(=O)c3)CC2)cc1F. The molecule has 1 aromatic carbocycles. The fourth-order valence-electron chi connectivity index (χ4n) is 3.09. The summed E-state index contributed by atoms with van der Waals surface area (Å²) in [4.78, 5) is 11.3. The first-order chi connectivity index (χ1) is 13.3. The number of nitrogens with zero attached hydrogens (tertiary/aromatic N) is 1. The normalized spacial score (nSPS) is 16.1. The number of hydrogen-bond donors (Lipinski definition) is 0. The fraction of sp³-hybridized carbons (Fsp3) is 0.421. The van der Waals surface area contributed by atoms with Crippen LogP contribution >= 0.6 is 0 Å². The van der Waals surface area contributed by atoms with Gasteiger partial charge in [0.2, 0.25) is 10.0 Å². The minimum atomic E-state index is -3.81. The standard InChI is InChI=1S/C19H22FNO6S/c1-3-25-18-5-4-16(12-17(18)20)28(23,24)21-8-6-14(7-9-21)27-15-10-13(2)26-19(22)11-15/h4-5,10-12,14H,3,6-9H2,1-2H3. The van der Waals surface area contributed by atoms with Crippen molar-refractivity contribution in [1.29, 1.82) is 0 Å². The van der Waals surface area contributed by atoms with E-state index in [-0.39, 0.29) is 29.8 Å². The monoisotopic (exact) mass is 411 g/mol. The first kappa shape index (κ1) is 20.3. The number of rotatable bonds is 6. The van der Waals surface area contributed by atoms with Gasteiger partial charge in [0, 0.05) is 19.2 Å². The Morgan fingerprint density at radius 3 is 2.54 bits per heavy atom. The second-order valence-corrected chi connectivity index (χ2v) is 8.41. The van der Waals surface area contributed by atoms with Crippen molar-refractivity contribution in [3.63, 3.8) is 0 Å². The number of piperidine rings is 1. The molecule has 0 radical (unpaired) electrons. The van der Waals surface area contributed by atoms with Crippen LogP contribution in [-0.2, 0) is 10.0 Å². The molecule has 0 saturated carbocycles. The Morgan fingerprint density at radius 2 is 1.93 bits per heavy atom. The number of halogens is 1. The molecule has 7 nitrogen and oxygen atoms in total. The molecule has 0 aliphatic carbocycles. The molecule has 0 bridgehead atoms. The zero-order chi connectivity index (χ0) is 20.3. The summed E-state index contributed by atoms with van der Waals surface area (Å²) in [5, 5.41) is 0. The Morgan fingerprint density at radius 1 is 1.21 bits per heavy atom. The van der Waals surface area contributed by atoms with Crippen LogP contribution in [0.4, 0.5) is 4.39 Å². The van der Waals surface area contributed by atoms with Crippen LogP contribution in [-0.4, -0.2) is 38.5 Å². The summed E-state index contributed by atoms with van der Waals surface area (Å²) in [6.07, 6.45) is 0.695. The van der Waals surface area contributed by atoms with Gasteiger partial charge in [-0.05, 0) is 44.9 Å². The van der Waals surface area contributed by atoms with Gasteiger partial charge in [0.05, 0.1) is 17.6 Å². The van der Waals surface area contributed by atoms with E-state index in [9.17, 15) is 17.6 Å². The summed E-state index contributed by atoms with van der Waals surface area (Å²) < 4.78 is 56.7. The van der Waals surface area contributed by atoms with E-state index < -0.39 is 21.5 Å². The van der Waals surface area contributed by atoms with E-state index in [0.717, 1.165) is 6.07 Å². The number of aryl methyl sites for hydroxylation is 1. The van der Waals surface area contributed by atoms with Crippen molar-refractivity contribution in [2.24, 2.45) is 0 Å². The topological polar surface area (TPSA) is 86.1 Å². The zero-order valence-corrected chi connectivity index (χ0v) is 16.5. The van der Waals surface area contributed by atoms with Crippen molar-refractivity contribution in [3.05, 3.63) is 52.3 Å². The van der Waals surface area contributed by atoms with Crippen LogP contribution in [0.15, 0.2) is 44.4 Å². The first-order valence-corrected chi connectivity index (χ1v) is 10.4. The first-order valence-electron chi connectivity index (χ1n) is 9.00.